The zero-order chi connectivity index (χ0) is 18.6. The fraction of sp³-hybridized carbons (Fsp3) is 0.0455. The molecular weight excluding hydrogens is 356 g/mol. The summed E-state index contributed by atoms with van der Waals surface area (Å²) in [4.78, 5) is 9.29. The fourth-order valence-electron chi connectivity index (χ4n) is 2.86. The number of hydrogen-bond donors (Lipinski definition) is 1. The van der Waals surface area contributed by atoms with E-state index in [4.69, 9.17) is 16.6 Å². The third-order valence-corrected chi connectivity index (χ3v) is 4.36. The van der Waals surface area contributed by atoms with Crippen LogP contribution in [-0.2, 0) is 0 Å². The number of fused-ring (bicyclic) bond motifs is 1. The molecule has 5 heteroatoms. The highest BCUT2D eigenvalue weighted by molar-refractivity contribution is 6.30. The van der Waals surface area contributed by atoms with Crippen LogP contribution in [0.4, 0.5) is 5.95 Å². The smallest absolute Gasteiger partial charge is 0.244 e. The normalized spacial score (nSPS) is 11.2. The lowest BCUT2D eigenvalue weighted by atomic mass is 10.0. The molecule has 132 valence electrons. The molecule has 0 saturated carbocycles. The third kappa shape index (κ3) is 3.96. The van der Waals surface area contributed by atoms with Crippen LogP contribution in [0, 0.1) is 6.92 Å². The highest BCUT2D eigenvalue weighted by Gasteiger charge is 2.09. The van der Waals surface area contributed by atoms with Crippen LogP contribution >= 0.6 is 11.6 Å². The van der Waals surface area contributed by atoms with E-state index in [0.29, 0.717) is 11.0 Å². The Morgan fingerprint density at radius 1 is 0.926 bits per heavy atom. The molecule has 27 heavy (non-hydrogen) atoms. The summed E-state index contributed by atoms with van der Waals surface area (Å²) in [6, 6.07) is 23.7. The SMILES string of the molecule is Cc1ccc2nc(NN=Cc3cccc(Cl)c3)nc(-c3ccccc3)c2c1. The minimum atomic E-state index is 0.448. The number of nitrogens with one attached hydrogen (secondary N) is 1. The quantitative estimate of drug-likeness (QED) is 0.369. The standard InChI is InChI=1S/C22H17ClN4/c1-15-10-11-20-19(12-15)21(17-7-3-2-4-8-17)26-22(25-20)27-24-14-16-6-5-9-18(23)13-16/h2-14H,1H3,(H,25,26,27). The van der Waals surface area contributed by atoms with Crippen LogP contribution in [0.25, 0.3) is 22.2 Å². The summed E-state index contributed by atoms with van der Waals surface area (Å²) < 4.78 is 0. The number of nitrogens with zero attached hydrogens (tertiary/aromatic N) is 3. The first-order chi connectivity index (χ1) is 13.2. The number of hydrazone groups is 1. The Morgan fingerprint density at radius 2 is 1.78 bits per heavy atom. The molecule has 4 rings (SSSR count). The molecule has 0 amide bonds. The second-order valence-corrected chi connectivity index (χ2v) is 6.64. The van der Waals surface area contributed by atoms with Crippen molar-refractivity contribution in [2.75, 3.05) is 5.43 Å². The van der Waals surface area contributed by atoms with Gasteiger partial charge in [-0.1, -0.05) is 65.7 Å². The maximum atomic E-state index is 6.00. The molecule has 0 aliphatic carbocycles. The van der Waals surface area contributed by atoms with Crippen molar-refractivity contribution < 1.29 is 0 Å². The number of anilines is 1. The molecule has 0 fully saturated rings. The minimum absolute atomic E-state index is 0.448. The minimum Gasteiger partial charge on any atom is -0.245 e. The molecule has 1 N–H and O–H groups in total. The molecule has 4 nitrogen and oxygen atoms in total. The van der Waals surface area contributed by atoms with Crippen LogP contribution in [0.1, 0.15) is 11.1 Å². The Hall–Kier alpha value is -3.24. The molecular formula is C22H17ClN4. The average Bonchev–Trinajstić information content (AvgIpc) is 2.68. The first-order valence-electron chi connectivity index (χ1n) is 8.57. The van der Waals surface area contributed by atoms with Crippen LogP contribution in [0.15, 0.2) is 77.9 Å². The lowest BCUT2D eigenvalue weighted by molar-refractivity contribution is 1.15. The van der Waals surface area contributed by atoms with Gasteiger partial charge in [-0.05, 0) is 36.8 Å². The van der Waals surface area contributed by atoms with Gasteiger partial charge >= 0.3 is 0 Å². The fourth-order valence-corrected chi connectivity index (χ4v) is 3.06. The molecule has 0 radical (unpaired) electrons. The Kier molecular flexibility index (Phi) is 4.81. The Balaban J connectivity index is 1.72. The third-order valence-electron chi connectivity index (χ3n) is 4.13. The molecule has 3 aromatic carbocycles. The topological polar surface area (TPSA) is 50.2 Å². The van der Waals surface area contributed by atoms with E-state index in [0.717, 1.165) is 27.7 Å². The van der Waals surface area contributed by atoms with Crippen molar-refractivity contribution in [2.24, 2.45) is 5.10 Å². The molecule has 0 unspecified atom stereocenters. The van der Waals surface area contributed by atoms with Crippen molar-refractivity contribution in [3.05, 3.63) is 88.9 Å². The average molecular weight is 373 g/mol. The number of hydrogen-bond acceptors (Lipinski definition) is 4. The predicted molar refractivity (Wildman–Crippen MR) is 112 cm³/mol. The van der Waals surface area contributed by atoms with E-state index in [9.17, 15) is 0 Å². The molecule has 0 aliphatic rings. The van der Waals surface area contributed by atoms with Gasteiger partial charge in [-0.3, -0.25) is 0 Å². The van der Waals surface area contributed by atoms with Crippen molar-refractivity contribution in [3.8, 4) is 11.3 Å². The van der Waals surface area contributed by atoms with E-state index in [1.807, 2.05) is 66.7 Å². The van der Waals surface area contributed by atoms with E-state index in [2.05, 4.69) is 28.5 Å². The summed E-state index contributed by atoms with van der Waals surface area (Å²) in [5, 5.41) is 5.94. The van der Waals surface area contributed by atoms with Crippen LogP contribution in [-0.4, -0.2) is 16.2 Å². The molecule has 0 saturated heterocycles. The highest BCUT2D eigenvalue weighted by atomic mass is 35.5. The van der Waals surface area contributed by atoms with E-state index < -0.39 is 0 Å². The van der Waals surface area contributed by atoms with Gasteiger partial charge in [0.2, 0.25) is 5.95 Å². The molecule has 4 aromatic rings. The molecule has 0 bridgehead atoms. The van der Waals surface area contributed by atoms with Crippen molar-refractivity contribution in [1.29, 1.82) is 0 Å². The number of aromatic nitrogens is 2. The molecule has 0 aliphatic heterocycles. The van der Waals surface area contributed by atoms with Crippen LogP contribution in [0.3, 0.4) is 0 Å². The number of rotatable bonds is 4. The van der Waals surface area contributed by atoms with Gasteiger partial charge in [0.1, 0.15) is 0 Å². The van der Waals surface area contributed by atoms with Gasteiger partial charge in [0.05, 0.1) is 17.4 Å². The largest absolute Gasteiger partial charge is 0.245 e. The number of benzene rings is 3. The second-order valence-electron chi connectivity index (χ2n) is 6.21. The Morgan fingerprint density at radius 3 is 2.59 bits per heavy atom. The highest BCUT2D eigenvalue weighted by Crippen LogP contribution is 2.28. The monoisotopic (exact) mass is 372 g/mol. The van der Waals surface area contributed by atoms with Gasteiger partial charge in [0.25, 0.3) is 0 Å². The van der Waals surface area contributed by atoms with Crippen LogP contribution in [0.2, 0.25) is 5.02 Å². The van der Waals surface area contributed by atoms with Crippen LogP contribution < -0.4 is 5.43 Å². The van der Waals surface area contributed by atoms with Gasteiger partial charge in [-0.15, -0.1) is 0 Å². The Bertz CT molecular complexity index is 1120. The van der Waals surface area contributed by atoms with E-state index in [1.165, 1.54) is 5.56 Å². The van der Waals surface area contributed by atoms with Gasteiger partial charge < -0.3 is 0 Å². The summed E-state index contributed by atoms with van der Waals surface area (Å²) in [5.41, 5.74) is 7.79. The van der Waals surface area contributed by atoms with Gasteiger partial charge in [-0.2, -0.15) is 5.10 Å². The predicted octanol–water partition coefficient (Wildman–Crippen LogP) is 5.70. The van der Waals surface area contributed by atoms with Crippen molar-refractivity contribution in [1.82, 2.24) is 9.97 Å². The van der Waals surface area contributed by atoms with Crippen LogP contribution in [0.5, 0.6) is 0 Å². The maximum absolute atomic E-state index is 6.00. The van der Waals surface area contributed by atoms with Crippen molar-refractivity contribution in [2.45, 2.75) is 6.92 Å². The summed E-state index contributed by atoms with van der Waals surface area (Å²) in [7, 11) is 0. The second kappa shape index (κ2) is 7.56. The summed E-state index contributed by atoms with van der Waals surface area (Å²) in [5.74, 6) is 0.448. The zero-order valence-corrected chi connectivity index (χ0v) is 15.5. The first-order valence-corrected chi connectivity index (χ1v) is 8.95. The Labute approximate surface area is 162 Å². The van der Waals surface area contributed by atoms with E-state index >= 15 is 0 Å². The molecule has 0 spiro atoms. The summed E-state index contributed by atoms with van der Waals surface area (Å²) in [6.45, 7) is 2.07. The van der Waals surface area contributed by atoms with Crippen molar-refractivity contribution in [3.63, 3.8) is 0 Å². The maximum Gasteiger partial charge on any atom is 0.244 e. The van der Waals surface area contributed by atoms with E-state index in [-0.39, 0.29) is 0 Å². The number of aryl methyl sites for hydroxylation is 1. The summed E-state index contributed by atoms with van der Waals surface area (Å²) in [6.07, 6.45) is 1.69. The van der Waals surface area contributed by atoms with Gasteiger partial charge in [0, 0.05) is 16.0 Å². The molecule has 0 atom stereocenters. The lowest BCUT2D eigenvalue weighted by Crippen LogP contribution is -2.00. The van der Waals surface area contributed by atoms with Gasteiger partial charge in [-0.25, -0.2) is 15.4 Å². The number of halogens is 1. The molecule has 1 heterocycles. The lowest BCUT2D eigenvalue weighted by Gasteiger charge is -2.09. The zero-order valence-electron chi connectivity index (χ0n) is 14.7. The first kappa shape index (κ1) is 17.2. The van der Waals surface area contributed by atoms with E-state index in [1.54, 1.807) is 6.21 Å². The van der Waals surface area contributed by atoms with Gasteiger partial charge in [0.15, 0.2) is 0 Å². The summed E-state index contributed by atoms with van der Waals surface area (Å²) >= 11 is 6.00. The molecule has 1 aromatic heterocycles. The van der Waals surface area contributed by atoms with Crippen molar-refractivity contribution >= 4 is 34.7 Å².